The van der Waals surface area contributed by atoms with E-state index < -0.39 is 0 Å². The van der Waals surface area contributed by atoms with Crippen molar-refractivity contribution in [2.24, 2.45) is 0 Å². The number of hydrogen-bond acceptors (Lipinski definition) is 2. The van der Waals surface area contributed by atoms with Gasteiger partial charge in [0.1, 0.15) is 0 Å². The zero-order valence-corrected chi connectivity index (χ0v) is 15.4. The molecule has 0 heterocycles. The molecule has 2 aromatic carbocycles. The molecule has 0 aliphatic carbocycles. The van der Waals surface area contributed by atoms with Gasteiger partial charge in [-0.15, -0.1) is 0 Å². The minimum atomic E-state index is -0.232. The molecule has 0 aliphatic rings. The van der Waals surface area contributed by atoms with Gasteiger partial charge in [0.05, 0.1) is 6.54 Å². The first-order chi connectivity index (χ1) is 11.4. The Kier molecular flexibility index (Phi) is 6.55. The van der Waals surface area contributed by atoms with Crippen molar-refractivity contribution in [3.63, 3.8) is 0 Å². The van der Waals surface area contributed by atoms with Gasteiger partial charge in [0.2, 0.25) is 11.8 Å². The summed E-state index contributed by atoms with van der Waals surface area (Å²) in [5.41, 5.74) is 4.02. The predicted molar refractivity (Wildman–Crippen MR) is 100 cm³/mol. The van der Waals surface area contributed by atoms with Gasteiger partial charge in [-0.1, -0.05) is 45.8 Å². The number of nitrogens with one attached hydrogen (secondary N) is 2. The van der Waals surface area contributed by atoms with Gasteiger partial charge in [0.15, 0.2) is 0 Å². The molecule has 24 heavy (non-hydrogen) atoms. The molecule has 2 N–H and O–H groups in total. The Morgan fingerprint density at radius 3 is 2.38 bits per heavy atom. The van der Waals surface area contributed by atoms with Crippen LogP contribution in [0.5, 0.6) is 0 Å². The van der Waals surface area contributed by atoms with Crippen molar-refractivity contribution in [3.8, 4) is 0 Å². The fraction of sp³-hybridized carbons (Fsp3) is 0.263. The van der Waals surface area contributed by atoms with E-state index in [1.165, 1.54) is 5.56 Å². The molecule has 0 bridgehead atoms. The number of carbonyl (C=O) groups excluding carboxylic acids is 2. The normalized spacial score (nSPS) is 10.3. The lowest BCUT2D eigenvalue weighted by Crippen LogP contribution is -2.33. The van der Waals surface area contributed by atoms with Gasteiger partial charge in [-0.2, -0.15) is 0 Å². The first-order valence-corrected chi connectivity index (χ1v) is 8.61. The highest BCUT2D eigenvalue weighted by atomic mass is 79.9. The van der Waals surface area contributed by atoms with Crippen molar-refractivity contribution < 1.29 is 9.59 Å². The van der Waals surface area contributed by atoms with Crippen LogP contribution in [0.4, 0.5) is 5.69 Å². The van der Waals surface area contributed by atoms with Gasteiger partial charge in [0.25, 0.3) is 0 Å². The van der Waals surface area contributed by atoms with Crippen molar-refractivity contribution in [2.75, 3.05) is 11.9 Å². The number of carbonyl (C=O) groups is 2. The second kappa shape index (κ2) is 8.64. The van der Waals surface area contributed by atoms with Crippen molar-refractivity contribution in [1.29, 1.82) is 0 Å². The van der Waals surface area contributed by atoms with Crippen LogP contribution in [-0.4, -0.2) is 18.4 Å². The molecule has 0 saturated carbocycles. The summed E-state index contributed by atoms with van der Waals surface area (Å²) in [6.45, 7) is 3.92. The Labute approximate surface area is 150 Å². The molecule has 0 fully saturated rings. The quantitative estimate of drug-likeness (QED) is 0.791. The van der Waals surface area contributed by atoms with E-state index >= 15 is 0 Å². The van der Waals surface area contributed by atoms with Crippen LogP contribution in [0.1, 0.15) is 23.1 Å². The summed E-state index contributed by atoms with van der Waals surface area (Å²) in [6, 6.07) is 13.7. The molecule has 0 aromatic heterocycles. The summed E-state index contributed by atoms with van der Waals surface area (Å²) in [5, 5.41) is 5.45. The molecular formula is C19H21BrN2O2. The van der Waals surface area contributed by atoms with Crippen LogP contribution < -0.4 is 10.6 Å². The number of halogens is 1. The Hall–Kier alpha value is -2.14. The van der Waals surface area contributed by atoms with Gasteiger partial charge in [0, 0.05) is 16.6 Å². The molecule has 0 radical (unpaired) electrons. The fourth-order valence-electron chi connectivity index (χ4n) is 2.24. The Balaban J connectivity index is 1.74. The van der Waals surface area contributed by atoms with Crippen molar-refractivity contribution in [2.45, 2.75) is 26.7 Å². The molecule has 2 amide bonds. The highest BCUT2D eigenvalue weighted by molar-refractivity contribution is 9.10. The van der Waals surface area contributed by atoms with E-state index in [0.29, 0.717) is 12.8 Å². The molecule has 2 aromatic rings. The topological polar surface area (TPSA) is 58.2 Å². The van der Waals surface area contributed by atoms with Gasteiger partial charge in [-0.05, 0) is 49.6 Å². The largest absolute Gasteiger partial charge is 0.347 e. The Morgan fingerprint density at radius 2 is 1.71 bits per heavy atom. The highest BCUT2D eigenvalue weighted by Gasteiger charge is 2.08. The minimum absolute atomic E-state index is 0.0256. The average Bonchev–Trinajstić information content (AvgIpc) is 2.55. The molecule has 4 nitrogen and oxygen atoms in total. The van der Waals surface area contributed by atoms with Crippen LogP contribution in [-0.2, 0) is 16.0 Å². The summed E-state index contributed by atoms with van der Waals surface area (Å²) in [6.07, 6.45) is 1.03. The second-order valence-corrected chi connectivity index (χ2v) is 6.69. The van der Waals surface area contributed by atoms with Gasteiger partial charge in [-0.3, -0.25) is 9.59 Å². The third kappa shape index (κ3) is 5.81. The number of amides is 2. The minimum Gasteiger partial charge on any atom is -0.347 e. The maximum absolute atomic E-state index is 11.9. The van der Waals surface area contributed by atoms with Crippen molar-refractivity contribution >= 4 is 33.4 Å². The lowest BCUT2D eigenvalue weighted by atomic mass is 10.1. The molecule has 5 heteroatoms. The molecule has 2 rings (SSSR count). The van der Waals surface area contributed by atoms with Crippen LogP contribution in [0.2, 0.25) is 0 Å². The van der Waals surface area contributed by atoms with Crippen LogP contribution in [0.25, 0.3) is 0 Å². The molecule has 0 unspecified atom stereocenters. The predicted octanol–water partition coefficient (Wildman–Crippen LogP) is 3.75. The number of anilines is 1. The molecule has 0 spiro atoms. The van der Waals surface area contributed by atoms with Crippen LogP contribution >= 0.6 is 15.9 Å². The standard InChI is InChI=1S/C19H21BrN2O2/c1-13-3-5-15(6-4-13)7-10-18(23)21-12-19(24)22-17-9-8-16(20)11-14(17)2/h3-6,8-9,11H,7,10,12H2,1-2H3,(H,21,23)(H,22,24). The van der Waals surface area contributed by atoms with E-state index in [9.17, 15) is 9.59 Å². The van der Waals surface area contributed by atoms with Gasteiger partial charge < -0.3 is 10.6 Å². The van der Waals surface area contributed by atoms with Crippen LogP contribution in [0.3, 0.4) is 0 Å². The zero-order chi connectivity index (χ0) is 17.5. The zero-order valence-electron chi connectivity index (χ0n) is 13.9. The van der Waals surface area contributed by atoms with E-state index in [1.807, 2.05) is 56.3 Å². The second-order valence-electron chi connectivity index (χ2n) is 5.77. The number of rotatable bonds is 6. The average molecular weight is 389 g/mol. The number of benzene rings is 2. The third-order valence-corrected chi connectivity index (χ3v) is 4.16. The van der Waals surface area contributed by atoms with Crippen LogP contribution in [0, 0.1) is 13.8 Å². The van der Waals surface area contributed by atoms with Crippen molar-refractivity contribution in [3.05, 3.63) is 63.6 Å². The Bertz CT molecular complexity index is 727. The van der Waals surface area contributed by atoms with E-state index in [4.69, 9.17) is 0 Å². The smallest absolute Gasteiger partial charge is 0.243 e. The van der Waals surface area contributed by atoms with E-state index in [2.05, 4.69) is 26.6 Å². The molecule has 0 saturated heterocycles. The summed E-state index contributed by atoms with van der Waals surface area (Å²) in [5.74, 6) is -0.359. The summed E-state index contributed by atoms with van der Waals surface area (Å²) < 4.78 is 0.961. The van der Waals surface area contributed by atoms with Crippen molar-refractivity contribution in [1.82, 2.24) is 5.32 Å². The van der Waals surface area contributed by atoms with E-state index in [0.717, 1.165) is 21.3 Å². The molecular weight excluding hydrogens is 368 g/mol. The molecule has 0 atom stereocenters. The monoisotopic (exact) mass is 388 g/mol. The lowest BCUT2D eigenvalue weighted by Gasteiger charge is -2.09. The molecule has 0 aliphatic heterocycles. The Morgan fingerprint density at radius 1 is 1.00 bits per heavy atom. The maximum Gasteiger partial charge on any atom is 0.243 e. The van der Waals surface area contributed by atoms with E-state index in [-0.39, 0.29) is 18.4 Å². The maximum atomic E-state index is 11.9. The van der Waals surface area contributed by atoms with E-state index in [1.54, 1.807) is 0 Å². The van der Waals surface area contributed by atoms with Gasteiger partial charge >= 0.3 is 0 Å². The molecule has 126 valence electrons. The number of aryl methyl sites for hydroxylation is 3. The third-order valence-electron chi connectivity index (χ3n) is 3.67. The summed E-state index contributed by atoms with van der Waals surface area (Å²) in [7, 11) is 0. The lowest BCUT2D eigenvalue weighted by molar-refractivity contribution is -0.124. The first-order valence-electron chi connectivity index (χ1n) is 7.82. The SMILES string of the molecule is Cc1ccc(CCC(=O)NCC(=O)Nc2ccc(Br)cc2C)cc1. The number of hydrogen-bond donors (Lipinski definition) is 2. The highest BCUT2D eigenvalue weighted by Crippen LogP contribution is 2.19. The van der Waals surface area contributed by atoms with Gasteiger partial charge in [-0.25, -0.2) is 0 Å². The summed E-state index contributed by atoms with van der Waals surface area (Å²) >= 11 is 3.38. The fourth-order valence-corrected chi connectivity index (χ4v) is 2.72. The van der Waals surface area contributed by atoms with Crippen LogP contribution in [0.15, 0.2) is 46.9 Å². The summed E-state index contributed by atoms with van der Waals surface area (Å²) in [4.78, 5) is 23.8. The first kappa shape index (κ1) is 18.2.